The number of benzene rings is 2. The van der Waals surface area contributed by atoms with Crippen molar-refractivity contribution in [3.63, 3.8) is 0 Å². The molecular formula is C17H18N2O4. The Morgan fingerprint density at radius 3 is 2.26 bits per heavy atom. The molecule has 0 fully saturated rings. The van der Waals surface area contributed by atoms with Crippen LogP contribution in [-0.2, 0) is 4.79 Å². The van der Waals surface area contributed by atoms with E-state index in [2.05, 4.69) is 10.6 Å². The van der Waals surface area contributed by atoms with Gasteiger partial charge in [-0.1, -0.05) is 12.1 Å². The maximum absolute atomic E-state index is 12.4. The predicted molar refractivity (Wildman–Crippen MR) is 88.2 cm³/mol. The van der Waals surface area contributed by atoms with Crippen LogP contribution < -0.4 is 20.1 Å². The van der Waals surface area contributed by atoms with Gasteiger partial charge in [-0.25, -0.2) is 0 Å². The number of nitrogens with one attached hydrogen (secondary N) is 2. The molecule has 0 aliphatic heterocycles. The Labute approximate surface area is 134 Å². The number of rotatable bonds is 5. The molecule has 0 spiro atoms. The largest absolute Gasteiger partial charge is 0.496 e. The van der Waals surface area contributed by atoms with E-state index in [-0.39, 0.29) is 11.8 Å². The Morgan fingerprint density at radius 2 is 1.61 bits per heavy atom. The van der Waals surface area contributed by atoms with E-state index in [1.165, 1.54) is 21.1 Å². The van der Waals surface area contributed by atoms with Gasteiger partial charge in [-0.3, -0.25) is 9.59 Å². The van der Waals surface area contributed by atoms with Crippen LogP contribution in [-0.4, -0.2) is 26.0 Å². The standard InChI is InChI=1S/C17H18N2O4/c1-11(20)18-14-10-12(8-9-16(14)23-3)19-17(21)13-6-4-5-7-15(13)22-2/h4-10H,1-3H3,(H,18,20)(H,19,21). The molecule has 2 aromatic rings. The normalized spacial score (nSPS) is 9.87. The third-order valence-corrected chi connectivity index (χ3v) is 3.12. The Balaban J connectivity index is 2.25. The average Bonchev–Trinajstić information content (AvgIpc) is 2.54. The second-order valence-corrected chi connectivity index (χ2v) is 4.75. The Hall–Kier alpha value is -3.02. The molecule has 6 heteroatoms. The number of para-hydroxylation sites is 1. The van der Waals surface area contributed by atoms with Gasteiger partial charge in [-0.2, -0.15) is 0 Å². The monoisotopic (exact) mass is 314 g/mol. The second kappa shape index (κ2) is 7.31. The van der Waals surface area contributed by atoms with Gasteiger partial charge in [-0.15, -0.1) is 0 Å². The van der Waals surface area contributed by atoms with Gasteiger partial charge >= 0.3 is 0 Å². The first-order valence-corrected chi connectivity index (χ1v) is 6.95. The summed E-state index contributed by atoms with van der Waals surface area (Å²) in [5.41, 5.74) is 1.44. The van der Waals surface area contributed by atoms with Crippen LogP contribution in [0.1, 0.15) is 17.3 Å². The van der Waals surface area contributed by atoms with E-state index in [0.717, 1.165) is 0 Å². The van der Waals surface area contributed by atoms with Crippen molar-refractivity contribution in [1.82, 2.24) is 0 Å². The molecule has 0 heterocycles. The lowest BCUT2D eigenvalue weighted by Crippen LogP contribution is -2.14. The van der Waals surface area contributed by atoms with Gasteiger partial charge in [0.25, 0.3) is 5.91 Å². The number of amides is 2. The second-order valence-electron chi connectivity index (χ2n) is 4.75. The molecule has 6 nitrogen and oxygen atoms in total. The average molecular weight is 314 g/mol. The van der Waals surface area contributed by atoms with E-state index in [1.54, 1.807) is 42.5 Å². The molecule has 0 aliphatic carbocycles. The number of anilines is 2. The molecule has 0 unspecified atom stereocenters. The summed E-state index contributed by atoms with van der Waals surface area (Å²) in [4.78, 5) is 23.6. The molecule has 2 N–H and O–H groups in total. The summed E-state index contributed by atoms with van der Waals surface area (Å²) in [7, 11) is 3.02. The van der Waals surface area contributed by atoms with Crippen LogP contribution >= 0.6 is 0 Å². The highest BCUT2D eigenvalue weighted by molar-refractivity contribution is 6.06. The van der Waals surface area contributed by atoms with E-state index in [1.807, 2.05) is 0 Å². The van der Waals surface area contributed by atoms with E-state index in [4.69, 9.17) is 9.47 Å². The van der Waals surface area contributed by atoms with Crippen LogP contribution in [0, 0.1) is 0 Å². The van der Waals surface area contributed by atoms with E-state index in [0.29, 0.717) is 28.4 Å². The summed E-state index contributed by atoms with van der Waals surface area (Å²) in [5.74, 6) is 0.467. The van der Waals surface area contributed by atoms with Gasteiger partial charge in [0, 0.05) is 12.6 Å². The van der Waals surface area contributed by atoms with Gasteiger partial charge in [0.1, 0.15) is 11.5 Å². The summed E-state index contributed by atoms with van der Waals surface area (Å²) in [6.07, 6.45) is 0. The highest BCUT2D eigenvalue weighted by atomic mass is 16.5. The van der Waals surface area contributed by atoms with Crippen molar-refractivity contribution in [2.75, 3.05) is 24.9 Å². The summed E-state index contributed by atoms with van der Waals surface area (Å²) < 4.78 is 10.4. The highest BCUT2D eigenvalue weighted by Crippen LogP contribution is 2.28. The first-order valence-electron chi connectivity index (χ1n) is 6.95. The zero-order valence-corrected chi connectivity index (χ0v) is 13.2. The van der Waals surface area contributed by atoms with Crippen molar-refractivity contribution in [2.45, 2.75) is 6.92 Å². The third-order valence-electron chi connectivity index (χ3n) is 3.12. The fourth-order valence-corrected chi connectivity index (χ4v) is 2.10. The van der Waals surface area contributed by atoms with Crippen molar-refractivity contribution in [3.05, 3.63) is 48.0 Å². The predicted octanol–water partition coefficient (Wildman–Crippen LogP) is 2.91. The zero-order chi connectivity index (χ0) is 16.8. The van der Waals surface area contributed by atoms with Crippen LogP contribution in [0.15, 0.2) is 42.5 Å². The molecule has 0 radical (unpaired) electrons. The number of ether oxygens (including phenoxy) is 2. The number of carbonyl (C=O) groups is 2. The lowest BCUT2D eigenvalue weighted by molar-refractivity contribution is -0.114. The highest BCUT2D eigenvalue weighted by Gasteiger charge is 2.13. The number of hydrogen-bond donors (Lipinski definition) is 2. The molecule has 2 amide bonds. The van der Waals surface area contributed by atoms with Crippen LogP contribution in [0.25, 0.3) is 0 Å². The van der Waals surface area contributed by atoms with Gasteiger partial charge < -0.3 is 20.1 Å². The first kappa shape index (κ1) is 16.4. The van der Waals surface area contributed by atoms with Gasteiger partial charge in [0.05, 0.1) is 25.5 Å². The maximum atomic E-state index is 12.4. The maximum Gasteiger partial charge on any atom is 0.259 e. The smallest absolute Gasteiger partial charge is 0.259 e. The molecule has 0 bridgehead atoms. The van der Waals surface area contributed by atoms with Gasteiger partial charge in [0.2, 0.25) is 5.91 Å². The minimum Gasteiger partial charge on any atom is -0.496 e. The molecule has 23 heavy (non-hydrogen) atoms. The van der Waals surface area contributed by atoms with E-state index >= 15 is 0 Å². The Bertz CT molecular complexity index is 728. The van der Waals surface area contributed by atoms with Gasteiger partial charge in [-0.05, 0) is 30.3 Å². The quantitative estimate of drug-likeness (QED) is 0.889. The van der Waals surface area contributed by atoms with Crippen LogP contribution in [0.3, 0.4) is 0 Å². The minimum absolute atomic E-state index is 0.225. The number of hydrogen-bond acceptors (Lipinski definition) is 4. The van der Waals surface area contributed by atoms with Gasteiger partial charge in [0.15, 0.2) is 0 Å². The topological polar surface area (TPSA) is 76.7 Å². The van der Waals surface area contributed by atoms with E-state index in [9.17, 15) is 9.59 Å². The fourth-order valence-electron chi connectivity index (χ4n) is 2.10. The van der Waals surface area contributed by atoms with Crippen molar-refractivity contribution in [3.8, 4) is 11.5 Å². The Morgan fingerprint density at radius 1 is 0.913 bits per heavy atom. The summed E-state index contributed by atoms with van der Waals surface area (Å²) >= 11 is 0. The molecule has 0 aromatic heterocycles. The molecule has 0 saturated heterocycles. The van der Waals surface area contributed by atoms with Crippen molar-refractivity contribution in [1.29, 1.82) is 0 Å². The SMILES string of the molecule is COc1ccc(NC(=O)c2ccccc2OC)cc1NC(C)=O. The third kappa shape index (κ3) is 4.00. The molecule has 120 valence electrons. The summed E-state index contributed by atoms with van der Waals surface area (Å²) in [5, 5.41) is 5.43. The number of methoxy groups -OCH3 is 2. The fraction of sp³-hybridized carbons (Fsp3) is 0.176. The van der Waals surface area contributed by atoms with Crippen LogP contribution in [0.4, 0.5) is 11.4 Å². The lowest BCUT2D eigenvalue weighted by atomic mass is 10.1. The lowest BCUT2D eigenvalue weighted by Gasteiger charge is -2.13. The zero-order valence-electron chi connectivity index (χ0n) is 13.2. The van der Waals surface area contributed by atoms with Crippen LogP contribution in [0.2, 0.25) is 0 Å². The summed E-state index contributed by atoms with van der Waals surface area (Å²) in [6.45, 7) is 1.40. The molecule has 2 rings (SSSR count). The molecule has 0 aliphatic rings. The Kier molecular flexibility index (Phi) is 5.19. The van der Waals surface area contributed by atoms with Crippen LogP contribution in [0.5, 0.6) is 11.5 Å². The van der Waals surface area contributed by atoms with Crippen molar-refractivity contribution >= 4 is 23.2 Å². The van der Waals surface area contributed by atoms with E-state index < -0.39 is 0 Å². The minimum atomic E-state index is -0.304. The summed E-state index contributed by atoms with van der Waals surface area (Å²) in [6, 6.07) is 11.9. The van der Waals surface area contributed by atoms with Crippen molar-refractivity contribution in [2.24, 2.45) is 0 Å². The first-order chi connectivity index (χ1) is 11.0. The number of carbonyl (C=O) groups excluding carboxylic acids is 2. The van der Waals surface area contributed by atoms with Crippen molar-refractivity contribution < 1.29 is 19.1 Å². The molecule has 0 atom stereocenters. The molecule has 0 saturated carbocycles. The molecule has 2 aromatic carbocycles. The molecular weight excluding hydrogens is 296 g/mol.